The third-order valence-electron chi connectivity index (χ3n) is 2.46. The van der Waals surface area contributed by atoms with Crippen molar-refractivity contribution >= 4 is 33.6 Å². The largest absolute Gasteiger partial charge is 0.464 e. The van der Waals surface area contributed by atoms with Gasteiger partial charge in [-0.1, -0.05) is 0 Å². The molecule has 96 valence electrons. The molecule has 0 spiro atoms. The van der Waals surface area contributed by atoms with Crippen molar-refractivity contribution in [3.63, 3.8) is 0 Å². The number of esters is 1. The second kappa shape index (κ2) is 4.99. The quantitative estimate of drug-likeness (QED) is 0.779. The fourth-order valence-corrected chi connectivity index (χ4v) is 1.97. The normalized spacial score (nSPS) is 19.2. The second-order valence-corrected chi connectivity index (χ2v) is 4.53. The molecule has 1 aliphatic rings. The third kappa shape index (κ3) is 2.34. The molecule has 0 radical (unpaired) electrons. The van der Waals surface area contributed by atoms with E-state index in [4.69, 9.17) is 0 Å². The van der Waals surface area contributed by atoms with Crippen molar-refractivity contribution < 1.29 is 19.4 Å². The number of carbonyl (C=O) groups is 2. The Morgan fingerprint density at radius 3 is 2.94 bits per heavy atom. The first kappa shape index (κ1) is 12.9. The van der Waals surface area contributed by atoms with Gasteiger partial charge in [0.1, 0.15) is 4.60 Å². The molecule has 18 heavy (non-hydrogen) atoms. The van der Waals surface area contributed by atoms with Crippen molar-refractivity contribution in [3.8, 4) is 0 Å². The zero-order chi connectivity index (χ0) is 13.3. The number of aliphatic hydroxyl groups is 1. The van der Waals surface area contributed by atoms with E-state index in [0.717, 1.165) is 0 Å². The van der Waals surface area contributed by atoms with Crippen LogP contribution >= 0.6 is 15.9 Å². The van der Waals surface area contributed by atoms with E-state index in [1.807, 2.05) is 0 Å². The summed E-state index contributed by atoms with van der Waals surface area (Å²) >= 11 is 3.10. The van der Waals surface area contributed by atoms with Crippen LogP contribution in [0.4, 0.5) is 5.82 Å². The molecule has 0 aliphatic carbocycles. The first-order chi connectivity index (χ1) is 8.52. The number of β-amino-alcohol motifs (C(OH)–C–C–N with tert-alkyl or cyclic N) is 1. The average molecular weight is 316 g/mol. The van der Waals surface area contributed by atoms with E-state index in [9.17, 15) is 14.7 Å². The highest BCUT2D eigenvalue weighted by Crippen LogP contribution is 2.24. The number of rotatable bonds is 2. The van der Waals surface area contributed by atoms with Crippen molar-refractivity contribution in [3.05, 3.63) is 16.5 Å². The summed E-state index contributed by atoms with van der Waals surface area (Å²) in [6.45, 7) is 0.0964. The number of hydrogen-bond acceptors (Lipinski definition) is 6. The van der Waals surface area contributed by atoms with E-state index >= 15 is 0 Å². The van der Waals surface area contributed by atoms with E-state index < -0.39 is 12.1 Å². The van der Waals surface area contributed by atoms with Crippen molar-refractivity contribution in [2.24, 2.45) is 0 Å². The van der Waals surface area contributed by atoms with Crippen LogP contribution in [0.25, 0.3) is 0 Å². The number of carbonyl (C=O) groups excluding carboxylic acids is 2. The van der Waals surface area contributed by atoms with Crippen molar-refractivity contribution in [1.29, 1.82) is 0 Å². The lowest BCUT2D eigenvalue weighted by Crippen LogP contribution is -2.29. The number of amides is 1. The Morgan fingerprint density at radius 2 is 2.39 bits per heavy atom. The summed E-state index contributed by atoms with van der Waals surface area (Å²) in [5.41, 5.74) is -0.0608. The molecular formula is C10H10BrN3O4. The van der Waals surface area contributed by atoms with Gasteiger partial charge in [0.05, 0.1) is 32.4 Å². The molecule has 1 N–H and O–H groups in total. The van der Waals surface area contributed by atoms with E-state index in [-0.39, 0.29) is 30.4 Å². The van der Waals surface area contributed by atoms with Crippen molar-refractivity contribution in [2.45, 2.75) is 12.5 Å². The minimum absolute atomic E-state index is 0.0123. The molecule has 2 heterocycles. The Morgan fingerprint density at radius 1 is 1.67 bits per heavy atom. The molecule has 1 aromatic rings. The van der Waals surface area contributed by atoms with Crippen LogP contribution in [0.3, 0.4) is 0 Å². The maximum absolute atomic E-state index is 11.7. The Labute approximate surface area is 111 Å². The van der Waals surface area contributed by atoms with E-state index in [0.29, 0.717) is 4.60 Å². The predicted molar refractivity (Wildman–Crippen MR) is 64.0 cm³/mol. The molecule has 1 aliphatic heterocycles. The molecular weight excluding hydrogens is 306 g/mol. The van der Waals surface area contributed by atoms with Crippen LogP contribution in [0.1, 0.15) is 16.9 Å². The van der Waals surface area contributed by atoms with Gasteiger partial charge in [-0.15, -0.1) is 0 Å². The maximum atomic E-state index is 11.7. The lowest BCUT2D eigenvalue weighted by atomic mass is 10.3. The minimum atomic E-state index is -0.756. The van der Waals surface area contributed by atoms with Crippen LogP contribution in [0.15, 0.2) is 10.8 Å². The van der Waals surface area contributed by atoms with Crippen LogP contribution in [0, 0.1) is 0 Å². The number of ether oxygens (including phenoxy) is 1. The molecule has 1 aromatic heterocycles. The van der Waals surface area contributed by atoms with Crippen LogP contribution in [-0.4, -0.2) is 46.7 Å². The van der Waals surface area contributed by atoms with E-state index in [2.05, 4.69) is 30.6 Å². The SMILES string of the molecule is COC(=O)c1nc(Br)cnc1N1CC(O)CC1=O. The molecule has 0 aromatic carbocycles. The van der Waals surface area contributed by atoms with Crippen LogP contribution in [0.5, 0.6) is 0 Å². The highest BCUT2D eigenvalue weighted by Gasteiger charge is 2.33. The van der Waals surface area contributed by atoms with Gasteiger partial charge in [-0.05, 0) is 15.9 Å². The molecule has 0 saturated carbocycles. The van der Waals surface area contributed by atoms with Gasteiger partial charge >= 0.3 is 5.97 Å². The Kier molecular flexibility index (Phi) is 3.58. The zero-order valence-corrected chi connectivity index (χ0v) is 11.0. The number of aliphatic hydroxyl groups excluding tert-OH is 1. The van der Waals surface area contributed by atoms with Gasteiger partial charge in [-0.2, -0.15) is 0 Å². The number of nitrogens with zero attached hydrogens (tertiary/aromatic N) is 3. The molecule has 1 fully saturated rings. The minimum Gasteiger partial charge on any atom is -0.464 e. The summed E-state index contributed by atoms with van der Waals surface area (Å²) in [5.74, 6) is -0.885. The van der Waals surface area contributed by atoms with Gasteiger partial charge < -0.3 is 9.84 Å². The fourth-order valence-electron chi connectivity index (χ4n) is 1.69. The first-order valence-corrected chi connectivity index (χ1v) is 5.91. The van der Waals surface area contributed by atoms with Crippen molar-refractivity contribution in [2.75, 3.05) is 18.6 Å². The predicted octanol–water partition coefficient (Wildman–Crippen LogP) is 0.123. The molecule has 2 rings (SSSR count). The molecule has 0 bridgehead atoms. The Bertz CT molecular complexity index is 508. The summed E-state index contributed by atoms with van der Waals surface area (Å²) < 4.78 is 4.95. The van der Waals surface area contributed by atoms with Gasteiger partial charge in [0.2, 0.25) is 5.91 Å². The molecule has 1 amide bonds. The van der Waals surface area contributed by atoms with Gasteiger partial charge in [-0.25, -0.2) is 14.8 Å². The lowest BCUT2D eigenvalue weighted by Gasteiger charge is -2.16. The number of aromatic nitrogens is 2. The summed E-state index contributed by atoms with van der Waals surface area (Å²) in [5, 5.41) is 9.44. The molecule has 8 heteroatoms. The topological polar surface area (TPSA) is 92.6 Å². The summed E-state index contributed by atoms with van der Waals surface area (Å²) in [6, 6.07) is 0. The van der Waals surface area contributed by atoms with E-state index in [1.165, 1.54) is 18.2 Å². The van der Waals surface area contributed by atoms with Gasteiger partial charge in [-0.3, -0.25) is 9.69 Å². The standard InChI is InChI=1S/C10H10BrN3O4/c1-18-10(17)8-9(12-3-6(11)13-8)14-4-5(15)2-7(14)16/h3,5,15H,2,4H2,1H3. The molecule has 1 saturated heterocycles. The van der Waals surface area contributed by atoms with Crippen molar-refractivity contribution in [1.82, 2.24) is 9.97 Å². The monoisotopic (exact) mass is 315 g/mol. The number of halogens is 1. The summed E-state index contributed by atoms with van der Waals surface area (Å²) in [6.07, 6.45) is 0.631. The average Bonchev–Trinajstić information content (AvgIpc) is 2.67. The highest BCUT2D eigenvalue weighted by molar-refractivity contribution is 9.10. The Balaban J connectivity index is 2.44. The van der Waals surface area contributed by atoms with Gasteiger partial charge in [0.25, 0.3) is 0 Å². The van der Waals surface area contributed by atoms with E-state index in [1.54, 1.807) is 0 Å². The Hall–Kier alpha value is -1.54. The zero-order valence-electron chi connectivity index (χ0n) is 9.46. The number of methoxy groups -OCH3 is 1. The maximum Gasteiger partial charge on any atom is 0.360 e. The number of anilines is 1. The molecule has 1 unspecified atom stereocenters. The van der Waals surface area contributed by atoms with Crippen LogP contribution in [-0.2, 0) is 9.53 Å². The molecule has 7 nitrogen and oxygen atoms in total. The number of hydrogen-bond donors (Lipinski definition) is 1. The first-order valence-electron chi connectivity index (χ1n) is 5.12. The summed E-state index contributed by atoms with van der Waals surface area (Å²) in [7, 11) is 1.22. The highest BCUT2D eigenvalue weighted by atomic mass is 79.9. The summed E-state index contributed by atoms with van der Waals surface area (Å²) in [4.78, 5) is 32.4. The third-order valence-corrected chi connectivity index (χ3v) is 2.84. The molecule has 1 atom stereocenters. The van der Waals surface area contributed by atoms with Crippen LogP contribution < -0.4 is 4.90 Å². The smallest absolute Gasteiger partial charge is 0.360 e. The van der Waals surface area contributed by atoms with Crippen LogP contribution in [0.2, 0.25) is 0 Å². The van der Waals surface area contributed by atoms with Gasteiger partial charge in [0.15, 0.2) is 11.5 Å². The lowest BCUT2D eigenvalue weighted by molar-refractivity contribution is -0.117. The fraction of sp³-hybridized carbons (Fsp3) is 0.400. The second-order valence-electron chi connectivity index (χ2n) is 3.72. The van der Waals surface area contributed by atoms with Gasteiger partial charge in [0, 0.05) is 0 Å².